The second-order valence-electron chi connectivity index (χ2n) is 4.17. The molecule has 1 aliphatic rings. The van der Waals surface area contributed by atoms with Gasteiger partial charge in [0.1, 0.15) is 11.6 Å². The lowest BCUT2D eigenvalue weighted by molar-refractivity contribution is -0.145. The molecule has 0 spiro atoms. The van der Waals surface area contributed by atoms with Crippen molar-refractivity contribution in [3.05, 3.63) is 0 Å². The highest BCUT2D eigenvalue weighted by molar-refractivity contribution is 6.09. The third kappa shape index (κ3) is 2.98. The van der Waals surface area contributed by atoms with Crippen LogP contribution in [0.1, 0.15) is 32.6 Å². The predicted octanol–water partition coefficient (Wildman–Crippen LogP) is 0.605. The number of aliphatic carboxylic acids is 1. The zero-order valence-corrected chi connectivity index (χ0v) is 9.06. The smallest absolute Gasteiger partial charge is 0.306 e. The summed E-state index contributed by atoms with van der Waals surface area (Å²) in [6.07, 6.45) is 0.173. The van der Waals surface area contributed by atoms with Crippen molar-refractivity contribution in [2.24, 2.45) is 11.8 Å². The highest BCUT2D eigenvalue weighted by atomic mass is 16.4. The Hall–Kier alpha value is -1.52. The maximum atomic E-state index is 11.6. The van der Waals surface area contributed by atoms with Gasteiger partial charge >= 0.3 is 5.97 Å². The van der Waals surface area contributed by atoms with Crippen molar-refractivity contribution in [3.8, 4) is 0 Å². The Balaban J connectivity index is 2.69. The summed E-state index contributed by atoms with van der Waals surface area (Å²) in [5.74, 6) is -3.48. The fourth-order valence-electron chi connectivity index (χ4n) is 1.93. The Morgan fingerprint density at radius 1 is 1.38 bits per heavy atom. The topological polar surface area (TPSA) is 88.5 Å². The van der Waals surface area contributed by atoms with Crippen LogP contribution in [0.15, 0.2) is 0 Å². The van der Waals surface area contributed by atoms with E-state index in [9.17, 15) is 19.2 Å². The van der Waals surface area contributed by atoms with Gasteiger partial charge in [0.25, 0.3) is 0 Å². The standard InChI is InChI=1S/C11H14O5/c1-6(12)4-10(14)8-5-7(11(15)16)2-3-9(8)13/h7-8H,2-5H2,1H3,(H,15,16). The molecule has 1 fully saturated rings. The van der Waals surface area contributed by atoms with E-state index in [2.05, 4.69) is 0 Å². The largest absolute Gasteiger partial charge is 0.481 e. The van der Waals surface area contributed by atoms with Crippen molar-refractivity contribution >= 4 is 23.3 Å². The molecular weight excluding hydrogens is 212 g/mol. The normalized spacial score (nSPS) is 25.2. The Labute approximate surface area is 92.8 Å². The molecular formula is C11H14O5. The van der Waals surface area contributed by atoms with Crippen LogP contribution < -0.4 is 0 Å². The van der Waals surface area contributed by atoms with Crippen molar-refractivity contribution < 1.29 is 24.3 Å². The van der Waals surface area contributed by atoms with Crippen LogP contribution in [0.2, 0.25) is 0 Å². The first-order valence-corrected chi connectivity index (χ1v) is 5.19. The van der Waals surface area contributed by atoms with Crippen molar-refractivity contribution in [3.63, 3.8) is 0 Å². The number of hydrogen-bond donors (Lipinski definition) is 1. The molecule has 1 N–H and O–H groups in total. The van der Waals surface area contributed by atoms with Crippen molar-refractivity contribution in [1.29, 1.82) is 0 Å². The van der Waals surface area contributed by atoms with Gasteiger partial charge in [-0.25, -0.2) is 0 Å². The van der Waals surface area contributed by atoms with Crippen LogP contribution in [-0.2, 0) is 19.2 Å². The van der Waals surface area contributed by atoms with Gasteiger partial charge in [-0.3, -0.25) is 19.2 Å². The van der Waals surface area contributed by atoms with Gasteiger partial charge in [0, 0.05) is 6.42 Å². The quantitative estimate of drug-likeness (QED) is 0.709. The monoisotopic (exact) mass is 226 g/mol. The highest BCUT2D eigenvalue weighted by Crippen LogP contribution is 2.28. The van der Waals surface area contributed by atoms with Gasteiger partial charge in [-0.1, -0.05) is 0 Å². The molecule has 2 unspecified atom stereocenters. The maximum absolute atomic E-state index is 11.6. The minimum Gasteiger partial charge on any atom is -0.481 e. The molecule has 1 aliphatic carbocycles. The Bertz CT molecular complexity index is 344. The third-order valence-corrected chi connectivity index (χ3v) is 2.81. The minimum absolute atomic E-state index is 0.0419. The third-order valence-electron chi connectivity index (χ3n) is 2.81. The van der Waals surface area contributed by atoms with E-state index in [1.807, 2.05) is 0 Å². The molecule has 88 valence electrons. The predicted molar refractivity (Wildman–Crippen MR) is 53.8 cm³/mol. The first kappa shape index (κ1) is 12.5. The fraction of sp³-hybridized carbons (Fsp3) is 0.636. The van der Waals surface area contributed by atoms with Gasteiger partial charge < -0.3 is 5.11 Å². The van der Waals surface area contributed by atoms with E-state index in [0.29, 0.717) is 0 Å². The fourth-order valence-corrected chi connectivity index (χ4v) is 1.93. The number of hydrogen-bond acceptors (Lipinski definition) is 4. The van der Waals surface area contributed by atoms with Crippen LogP contribution in [-0.4, -0.2) is 28.4 Å². The van der Waals surface area contributed by atoms with E-state index in [0.717, 1.165) is 0 Å². The minimum atomic E-state index is -0.979. The number of carboxylic acid groups (broad SMARTS) is 1. The first-order valence-electron chi connectivity index (χ1n) is 5.19. The van der Waals surface area contributed by atoms with Crippen molar-refractivity contribution in [1.82, 2.24) is 0 Å². The van der Waals surface area contributed by atoms with Crippen LogP contribution >= 0.6 is 0 Å². The average molecular weight is 226 g/mol. The zero-order chi connectivity index (χ0) is 12.3. The van der Waals surface area contributed by atoms with Crippen LogP contribution in [0.4, 0.5) is 0 Å². The summed E-state index contributed by atoms with van der Waals surface area (Å²) in [6.45, 7) is 1.28. The van der Waals surface area contributed by atoms with E-state index >= 15 is 0 Å². The van der Waals surface area contributed by atoms with E-state index in [1.54, 1.807) is 0 Å². The van der Waals surface area contributed by atoms with E-state index in [1.165, 1.54) is 6.92 Å². The zero-order valence-electron chi connectivity index (χ0n) is 9.06. The Morgan fingerprint density at radius 2 is 2.00 bits per heavy atom. The van der Waals surface area contributed by atoms with Gasteiger partial charge in [-0.2, -0.15) is 0 Å². The van der Waals surface area contributed by atoms with Crippen LogP contribution in [0.3, 0.4) is 0 Å². The summed E-state index contributed by atoms with van der Waals surface area (Å²) in [5, 5.41) is 8.82. The number of carbonyl (C=O) groups excluding carboxylic acids is 3. The molecule has 0 aromatic carbocycles. The van der Waals surface area contributed by atoms with Gasteiger partial charge in [-0.05, 0) is 19.8 Å². The number of carbonyl (C=O) groups is 4. The van der Waals surface area contributed by atoms with Crippen molar-refractivity contribution in [2.75, 3.05) is 0 Å². The van der Waals surface area contributed by atoms with Crippen molar-refractivity contribution in [2.45, 2.75) is 32.6 Å². The molecule has 16 heavy (non-hydrogen) atoms. The van der Waals surface area contributed by atoms with Gasteiger partial charge in [0.15, 0.2) is 5.78 Å². The van der Waals surface area contributed by atoms with Gasteiger partial charge in [0.2, 0.25) is 0 Å². The van der Waals surface area contributed by atoms with E-state index in [-0.39, 0.29) is 37.2 Å². The van der Waals surface area contributed by atoms with Gasteiger partial charge in [0.05, 0.1) is 18.3 Å². The molecule has 1 saturated carbocycles. The highest BCUT2D eigenvalue weighted by Gasteiger charge is 2.36. The molecule has 5 heteroatoms. The molecule has 0 aromatic rings. The summed E-state index contributed by atoms with van der Waals surface area (Å²) in [5.41, 5.74) is 0. The molecule has 0 aromatic heterocycles. The van der Waals surface area contributed by atoms with Gasteiger partial charge in [-0.15, -0.1) is 0 Å². The number of carboxylic acids is 1. The number of Topliss-reactive ketones (excluding diaryl/α,β-unsaturated/α-hetero) is 3. The first-order chi connectivity index (χ1) is 7.41. The molecule has 0 aliphatic heterocycles. The Kier molecular flexibility index (Phi) is 3.93. The van der Waals surface area contributed by atoms with Crippen LogP contribution in [0.5, 0.6) is 0 Å². The lowest BCUT2D eigenvalue weighted by atomic mass is 9.77. The van der Waals surface area contributed by atoms with E-state index < -0.39 is 23.6 Å². The summed E-state index contributed by atoms with van der Waals surface area (Å²) >= 11 is 0. The molecule has 0 radical (unpaired) electrons. The lowest BCUT2D eigenvalue weighted by Crippen LogP contribution is -2.34. The van der Waals surface area contributed by atoms with E-state index in [4.69, 9.17) is 5.11 Å². The second kappa shape index (κ2) is 5.01. The number of ketones is 3. The maximum Gasteiger partial charge on any atom is 0.306 e. The number of rotatable bonds is 4. The average Bonchev–Trinajstić information content (AvgIpc) is 2.16. The molecule has 1 rings (SSSR count). The molecule has 0 amide bonds. The molecule has 2 atom stereocenters. The lowest BCUT2D eigenvalue weighted by Gasteiger charge is -2.24. The molecule has 0 heterocycles. The summed E-state index contributed by atoms with van der Waals surface area (Å²) < 4.78 is 0. The SMILES string of the molecule is CC(=O)CC(=O)C1CC(C(=O)O)CCC1=O. The summed E-state index contributed by atoms with van der Waals surface area (Å²) in [6, 6.07) is 0. The van der Waals surface area contributed by atoms with Crippen LogP contribution in [0, 0.1) is 11.8 Å². The summed E-state index contributed by atoms with van der Waals surface area (Å²) in [7, 11) is 0. The summed E-state index contributed by atoms with van der Waals surface area (Å²) in [4.78, 5) is 44.5. The second-order valence-corrected chi connectivity index (χ2v) is 4.17. The Morgan fingerprint density at radius 3 is 2.50 bits per heavy atom. The molecule has 5 nitrogen and oxygen atoms in total. The van der Waals surface area contributed by atoms with Crippen LogP contribution in [0.25, 0.3) is 0 Å². The molecule has 0 saturated heterocycles. The molecule has 0 bridgehead atoms.